The van der Waals surface area contributed by atoms with Crippen molar-refractivity contribution in [2.75, 3.05) is 0 Å². The van der Waals surface area contributed by atoms with E-state index in [1.165, 1.54) is 11.1 Å². The van der Waals surface area contributed by atoms with E-state index in [9.17, 15) is 4.79 Å². The molecule has 4 aromatic heterocycles. The third kappa shape index (κ3) is 4.42. The number of carbonyl (C=O) groups is 1. The number of imidazole rings is 1. The summed E-state index contributed by atoms with van der Waals surface area (Å²) in [4.78, 5) is 30.2. The minimum Gasteiger partial charge on any atom is -0.336 e. The molecule has 214 valence electrons. The first-order valence-electron chi connectivity index (χ1n) is 14.5. The number of carbonyl (C=O) groups excluding carboxylic acids is 1. The van der Waals surface area contributed by atoms with E-state index in [1.807, 2.05) is 37.8 Å². The number of aromatic amines is 1. The Bertz CT molecular complexity index is 1870. The number of rotatable bonds is 6. The molecule has 1 aromatic carbocycles. The average Bonchev–Trinajstić information content (AvgIpc) is 3.27. The van der Waals surface area contributed by atoms with E-state index >= 15 is 0 Å². The second kappa shape index (κ2) is 9.75. The second-order valence-corrected chi connectivity index (χ2v) is 12.0. The topological polar surface area (TPSA) is 127 Å². The van der Waals surface area contributed by atoms with Gasteiger partial charge in [-0.3, -0.25) is 9.48 Å². The fourth-order valence-corrected chi connectivity index (χ4v) is 6.16. The Hall–Kier alpha value is -4.60. The number of fused-ring (bicyclic) bond motifs is 2. The van der Waals surface area contributed by atoms with Gasteiger partial charge in [-0.25, -0.2) is 9.97 Å². The zero-order chi connectivity index (χ0) is 29.2. The zero-order valence-corrected chi connectivity index (χ0v) is 24.4. The molecule has 42 heavy (non-hydrogen) atoms. The summed E-state index contributed by atoms with van der Waals surface area (Å²) in [6, 6.07) is 8.61. The van der Waals surface area contributed by atoms with E-state index in [-0.39, 0.29) is 17.2 Å². The molecule has 1 fully saturated rings. The van der Waals surface area contributed by atoms with Crippen LogP contribution in [0.1, 0.15) is 84.0 Å². The molecule has 2 N–H and O–H groups in total. The maximum Gasteiger partial charge on any atom is 0.316 e. The highest BCUT2D eigenvalue weighted by Gasteiger charge is 2.44. The number of allylic oxidation sites excluding steroid dienone is 1. The molecule has 2 aliphatic rings. The van der Waals surface area contributed by atoms with Crippen molar-refractivity contribution in [2.24, 2.45) is 7.05 Å². The average molecular weight is 563 g/mol. The molecule has 10 heteroatoms. The van der Waals surface area contributed by atoms with Gasteiger partial charge in [0.25, 0.3) is 0 Å². The molecular weight excluding hydrogens is 528 g/mol. The Morgan fingerprint density at radius 2 is 2.02 bits per heavy atom. The number of aromatic nitrogens is 7. The van der Waals surface area contributed by atoms with Gasteiger partial charge >= 0.3 is 11.8 Å². The van der Waals surface area contributed by atoms with Crippen LogP contribution in [0.15, 0.2) is 47.3 Å². The standard InChI is InChI=1S/C32H34N8O2/c1-17(34-29(41)30-37-31(39-42-30)32(4)13-14-32)22-9-7-6-8-20-16-21(10-11-23(20)22)24-12-15-33-28-26(24)35-27(36-28)25-18(2)38-40(5)19(25)3/h10-12,15-16,22H,1,6-9,13-14H2,2-5H3,(H,34,41)(H,33,35,36)/t22-/m0/s1. The molecule has 5 aromatic rings. The van der Waals surface area contributed by atoms with E-state index in [4.69, 9.17) is 9.51 Å². The lowest BCUT2D eigenvalue weighted by molar-refractivity contribution is 0.0920. The van der Waals surface area contributed by atoms with Crippen LogP contribution in [0.3, 0.4) is 0 Å². The molecule has 1 atom stereocenters. The SMILES string of the molecule is C=C(NC(=O)c1nc(C2(C)CC2)no1)[C@@H]1CCCCc2cc(-c3ccnc4nc(-c5c(C)nn(C)c5C)[nH]c34)ccc21. The minimum absolute atomic E-state index is 0.00316. The monoisotopic (exact) mass is 562 g/mol. The van der Waals surface area contributed by atoms with Crippen LogP contribution in [-0.4, -0.2) is 40.8 Å². The normalized spacial score (nSPS) is 17.6. The minimum atomic E-state index is -0.404. The van der Waals surface area contributed by atoms with Crippen LogP contribution in [0.4, 0.5) is 0 Å². The summed E-state index contributed by atoms with van der Waals surface area (Å²) in [5.74, 6) is 0.955. The van der Waals surface area contributed by atoms with Crippen LogP contribution >= 0.6 is 0 Å². The third-order valence-corrected chi connectivity index (χ3v) is 9.01. The van der Waals surface area contributed by atoms with Crippen LogP contribution in [-0.2, 0) is 18.9 Å². The summed E-state index contributed by atoms with van der Waals surface area (Å²) < 4.78 is 7.16. The van der Waals surface area contributed by atoms with Gasteiger partial charge in [0.1, 0.15) is 5.82 Å². The fraction of sp³-hybridized carbons (Fsp3) is 0.375. The van der Waals surface area contributed by atoms with Crippen LogP contribution in [0, 0.1) is 13.8 Å². The Labute approximate surface area is 243 Å². The molecule has 1 saturated carbocycles. The zero-order valence-electron chi connectivity index (χ0n) is 24.4. The lowest BCUT2D eigenvalue weighted by Gasteiger charge is -2.21. The van der Waals surface area contributed by atoms with Gasteiger partial charge in [-0.05, 0) is 68.7 Å². The predicted octanol–water partition coefficient (Wildman–Crippen LogP) is 5.83. The van der Waals surface area contributed by atoms with Crippen molar-refractivity contribution in [1.82, 2.24) is 40.2 Å². The van der Waals surface area contributed by atoms with Crippen LogP contribution < -0.4 is 5.32 Å². The lowest BCUT2D eigenvalue weighted by Crippen LogP contribution is -2.26. The molecule has 10 nitrogen and oxygen atoms in total. The molecule has 0 radical (unpaired) electrons. The van der Waals surface area contributed by atoms with E-state index in [2.05, 4.69) is 62.2 Å². The summed E-state index contributed by atoms with van der Waals surface area (Å²) >= 11 is 0. The van der Waals surface area contributed by atoms with Gasteiger partial charge in [-0.2, -0.15) is 10.1 Å². The molecule has 0 bridgehead atoms. The van der Waals surface area contributed by atoms with E-state index < -0.39 is 5.91 Å². The molecule has 2 aliphatic carbocycles. The quantitative estimate of drug-likeness (QED) is 0.249. The molecule has 4 heterocycles. The molecule has 0 spiro atoms. The van der Waals surface area contributed by atoms with Gasteiger partial charge in [0.05, 0.1) is 16.8 Å². The number of nitrogens with zero attached hydrogens (tertiary/aromatic N) is 6. The molecule has 0 unspecified atom stereocenters. The Morgan fingerprint density at radius 3 is 2.79 bits per heavy atom. The summed E-state index contributed by atoms with van der Waals surface area (Å²) in [6.45, 7) is 10.4. The number of pyridine rings is 1. The second-order valence-electron chi connectivity index (χ2n) is 12.0. The van der Waals surface area contributed by atoms with Gasteiger partial charge in [0, 0.05) is 41.5 Å². The number of benzene rings is 1. The van der Waals surface area contributed by atoms with Crippen LogP contribution in [0.5, 0.6) is 0 Å². The van der Waals surface area contributed by atoms with Crippen LogP contribution in [0.25, 0.3) is 33.7 Å². The highest BCUT2D eigenvalue weighted by atomic mass is 16.5. The van der Waals surface area contributed by atoms with Crippen molar-refractivity contribution in [3.05, 3.63) is 77.0 Å². The molecular formula is C32H34N8O2. The fourth-order valence-electron chi connectivity index (χ4n) is 6.16. The Kier molecular flexibility index (Phi) is 6.11. The number of aryl methyl sites for hydroxylation is 3. The maximum absolute atomic E-state index is 13.0. The van der Waals surface area contributed by atoms with Crippen molar-refractivity contribution in [3.63, 3.8) is 0 Å². The summed E-state index contributed by atoms with van der Waals surface area (Å²) in [7, 11) is 1.94. The lowest BCUT2D eigenvalue weighted by atomic mass is 9.88. The summed E-state index contributed by atoms with van der Waals surface area (Å²) in [5.41, 5.74) is 9.74. The van der Waals surface area contributed by atoms with Crippen molar-refractivity contribution < 1.29 is 9.32 Å². The first-order valence-corrected chi connectivity index (χ1v) is 14.5. The third-order valence-electron chi connectivity index (χ3n) is 9.01. The number of nitrogens with one attached hydrogen (secondary N) is 2. The first-order chi connectivity index (χ1) is 20.2. The molecule has 0 saturated heterocycles. The van der Waals surface area contributed by atoms with Gasteiger partial charge in [-0.1, -0.05) is 43.3 Å². The largest absolute Gasteiger partial charge is 0.336 e. The number of hydrogen-bond acceptors (Lipinski definition) is 7. The van der Waals surface area contributed by atoms with Gasteiger partial charge in [0.15, 0.2) is 11.5 Å². The number of amides is 1. The predicted molar refractivity (Wildman–Crippen MR) is 159 cm³/mol. The highest BCUT2D eigenvalue weighted by Crippen LogP contribution is 2.46. The molecule has 0 aliphatic heterocycles. The Balaban J connectivity index is 1.18. The molecule has 7 rings (SSSR count). The van der Waals surface area contributed by atoms with Crippen molar-refractivity contribution >= 4 is 17.1 Å². The Morgan fingerprint density at radius 1 is 1.19 bits per heavy atom. The molecule has 1 amide bonds. The summed E-state index contributed by atoms with van der Waals surface area (Å²) in [6.07, 6.45) is 7.81. The van der Waals surface area contributed by atoms with E-state index in [0.717, 1.165) is 77.9 Å². The number of hydrogen-bond donors (Lipinski definition) is 2. The van der Waals surface area contributed by atoms with Gasteiger partial charge in [-0.15, -0.1) is 0 Å². The van der Waals surface area contributed by atoms with Crippen molar-refractivity contribution in [3.8, 4) is 22.5 Å². The summed E-state index contributed by atoms with van der Waals surface area (Å²) in [5, 5.41) is 11.6. The first kappa shape index (κ1) is 26.3. The van der Waals surface area contributed by atoms with Gasteiger partial charge < -0.3 is 14.8 Å². The van der Waals surface area contributed by atoms with E-state index in [0.29, 0.717) is 17.2 Å². The van der Waals surface area contributed by atoms with Crippen molar-refractivity contribution in [2.45, 2.75) is 70.6 Å². The van der Waals surface area contributed by atoms with Crippen LogP contribution in [0.2, 0.25) is 0 Å². The smallest absolute Gasteiger partial charge is 0.316 e. The van der Waals surface area contributed by atoms with Gasteiger partial charge in [0.2, 0.25) is 0 Å². The number of H-pyrrole nitrogens is 1. The van der Waals surface area contributed by atoms with E-state index in [1.54, 1.807) is 0 Å². The maximum atomic E-state index is 13.0. The van der Waals surface area contributed by atoms with Crippen molar-refractivity contribution in [1.29, 1.82) is 0 Å². The highest BCUT2D eigenvalue weighted by molar-refractivity contribution is 5.92.